The number of carbonyl (C=O) groups excluding carboxylic acids is 1. The zero-order chi connectivity index (χ0) is 20.5. The molecule has 0 spiro atoms. The summed E-state index contributed by atoms with van der Waals surface area (Å²) in [4.78, 5) is 12.1. The molecule has 29 heavy (non-hydrogen) atoms. The lowest BCUT2D eigenvalue weighted by Gasteiger charge is -2.04. The first-order chi connectivity index (χ1) is 14.1. The van der Waals surface area contributed by atoms with Crippen LogP contribution in [0.2, 0.25) is 0 Å². The van der Waals surface area contributed by atoms with Gasteiger partial charge in [0.25, 0.3) is 0 Å². The molecule has 2 heteroatoms. The van der Waals surface area contributed by atoms with Crippen LogP contribution in [0, 0.1) is 5.82 Å². The second kappa shape index (κ2) is 10.3. The molecule has 0 heterocycles. The second-order valence-electron chi connectivity index (χ2n) is 7.10. The van der Waals surface area contributed by atoms with Crippen molar-refractivity contribution in [3.8, 4) is 0 Å². The average molecular weight is 384 g/mol. The predicted molar refractivity (Wildman–Crippen MR) is 119 cm³/mol. The summed E-state index contributed by atoms with van der Waals surface area (Å²) in [7, 11) is 0. The van der Waals surface area contributed by atoms with Gasteiger partial charge in [0.15, 0.2) is 5.78 Å². The highest BCUT2D eigenvalue weighted by Gasteiger charge is 2.02. The van der Waals surface area contributed by atoms with Gasteiger partial charge in [0.1, 0.15) is 5.82 Å². The number of halogens is 1. The fourth-order valence-electron chi connectivity index (χ4n) is 3.16. The molecule has 146 valence electrons. The summed E-state index contributed by atoms with van der Waals surface area (Å²) in [6, 6.07) is 22.4. The number of hydrogen-bond donors (Lipinski definition) is 0. The maximum absolute atomic E-state index is 12.9. The molecule has 0 saturated carbocycles. The maximum atomic E-state index is 12.9. The van der Waals surface area contributed by atoms with Crippen molar-refractivity contribution in [2.75, 3.05) is 0 Å². The molecule has 3 rings (SSSR count). The van der Waals surface area contributed by atoms with E-state index >= 15 is 0 Å². The third kappa shape index (κ3) is 6.39. The van der Waals surface area contributed by atoms with Crippen molar-refractivity contribution in [3.05, 3.63) is 119 Å². The number of aryl methyl sites for hydroxylation is 2. The minimum Gasteiger partial charge on any atom is -0.289 e. The van der Waals surface area contributed by atoms with E-state index < -0.39 is 0 Å². The lowest BCUT2D eigenvalue weighted by molar-refractivity contribution is 0.104. The van der Waals surface area contributed by atoms with Crippen LogP contribution < -0.4 is 0 Å². The number of unbranched alkanes of at least 4 members (excludes halogenated alkanes) is 1. The Morgan fingerprint density at radius 3 is 1.79 bits per heavy atom. The molecule has 0 aromatic heterocycles. The minimum absolute atomic E-state index is 0.129. The van der Waals surface area contributed by atoms with Crippen LogP contribution in [0.1, 0.15) is 45.5 Å². The highest BCUT2D eigenvalue weighted by Crippen LogP contribution is 2.13. The Morgan fingerprint density at radius 1 is 0.759 bits per heavy atom. The van der Waals surface area contributed by atoms with Crippen molar-refractivity contribution in [2.24, 2.45) is 0 Å². The van der Waals surface area contributed by atoms with Crippen LogP contribution in [-0.2, 0) is 12.8 Å². The Balaban J connectivity index is 1.45. The summed E-state index contributed by atoms with van der Waals surface area (Å²) < 4.78 is 12.9. The highest BCUT2D eigenvalue weighted by molar-refractivity contribution is 6.06. The largest absolute Gasteiger partial charge is 0.289 e. The van der Waals surface area contributed by atoms with Crippen LogP contribution in [-0.4, -0.2) is 5.78 Å². The number of benzene rings is 3. The van der Waals surface area contributed by atoms with Gasteiger partial charge in [0.05, 0.1) is 0 Å². The topological polar surface area (TPSA) is 17.1 Å². The average Bonchev–Trinajstić information content (AvgIpc) is 2.77. The Morgan fingerprint density at radius 2 is 1.28 bits per heavy atom. The Hall–Kier alpha value is -3.26. The molecule has 0 bridgehead atoms. The van der Waals surface area contributed by atoms with Crippen LogP contribution in [0.5, 0.6) is 0 Å². The molecule has 3 aromatic rings. The molecule has 3 aromatic carbocycles. The highest BCUT2D eigenvalue weighted by atomic mass is 19.1. The van der Waals surface area contributed by atoms with Gasteiger partial charge >= 0.3 is 0 Å². The fourth-order valence-corrected chi connectivity index (χ4v) is 3.16. The number of hydrogen-bond acceptors (Lipinski definition) is 1. The summed E-state index contributed by atoms with van der Waals surface area (Å²) in [5, 5.41) is 0. The smallest absolute Gasteiger partial charge is 0.185 e. The van der Waals surface area contributed by atoms with Crippen molar-refractivity contribution in [3.63, 3.8) is 0 Å². The summed E-state index contributed by atoms with van der Waals surface area (Å²) >= 11 is 0. The number of allylic oxidation sites excluding steroid dienone is 1. The van der Waals surface area contributed by atoms with E-state index in [-0.39, 0.29) is 11.6 Å². The molecule has 0 aliphatic heterocycles. The third-order valence-corrected chi connectivity index (χ3v) is 4.93. The van der Waals surface area contributed by atoms with E-state index in [9.17, 15) is 9.18 Å². The number of carbonyl (C=O) groups is 1. The minimum atomic E-state index is -0.341. The molecule has 0 radical (unpaired) electrons. The lowest BCUT2D eigenvalue weighted by atomic mass is 10.0. The number of rotatable bonds is 9. The zero-order valence-electron chi connectivity index (χ0n) is 16.5. The SMILES string of the molecule is C=Cc1ccc(CCCCc2ccc(C=CC(=O)c3ccc(F)cc3)cc2)cc1. The summed E-state index contributed by atoms with van der Waals surface area (Å²) in [5.41, 5.74) is 5.28. The molecule has 1 nitrogen and oxygen atoms in total. The molecule has 0 saturated heterocycles. The second-order valence-corrected chi connectivity index (χ2v) is 7.10. The van der Waals surface area contributed by atoms with Crippen molar-refractivity contribution < 1.29 is 9.18 Å². The third-order valence-electron chi connectivity index (χ3n) is 4.93. The summed E-state index contributed by atoms with van der Waals surface area (Å²) in [5.74, 6) is -0.470. The fraction of sp³-hybridized carbons (Fsp3) is 0.148. The molecular weight excluding hydrogens is 359 g/mol. The molecule has 0 unspecified atom stereocenters. The van der Waals surface area contributed by atoms with E-state index in [4.69, 9.17) is 0 Å². The van der Waals surface area contributed by atoms with Crippen LogP contribution in [0.25, 0.3) is 12.2 Å². The summed E-state index contributed by atoms with van der Waals surface area (Å²) in [6.07, 6.45) is 9.61. The van der Waals surface area contributed by atoms with Crippen molar-refractivity contribution in [2.45, 2.75) is 25.7 Å². The molecule has 0 N–H and O–H groups in total. The lowest BCUT2D eigenvalue weighted by Crippen LogP contribution is -1.94. The van der Waals surface area contributed by atoms with E-state index in [1.54, 1.807) is 6.08 Å². The van der Waals surface area contributed by atoms with Crippen molar-refractivity contribution >= 4 is 17.9 Å². The van der Waals surface area contributed by atoms with Gasteiger partial charge < -0.3 is 0 Å². The van der Waals surface area contributed by atoms with Gasteiger partial charge in [-0.1, -0.05) is 67.3 Å². The molecule has 0 aliphatic rings. The molecule has 0 aliphatic carbocycles. The van der Waals surface area contributed by atoms with Crippen molar-refractivity contribution in [1.82, 2.24) is 0 Å². The van der Waals surface area contributed by atoms with Crippen LogP contribution in [0.3, 0.4) is 0 Å². The van der Waals surface area contributed by atoms with Crippen LogP contribution in [0.4, 0.5) is 4.39 Å². The first-order valence-electron chi connectivity index (χ1n) is 9.92. The Bertz CT molecular complexity index is 965. The first kappa shape index (κ1) is 20.5. The number of ketones is 1. The monoisotopic (exact) mass is 384 g/mol. The quantitative estimate of drug-likeness (QED) is 0.222. The molecular formula is C27H25FO. The van der Waals surface area contributed by atoms with Gasteiger partial charge in [-0.05, 0) is 78.3 Å². The maximum Gasteiger partial charge on any atom is 0.185 e. The van der Waals surface area contributed by atoms with Gasteiger partial charge in [0.2, 0.25) is 0 Å². The van der Waals surface area contributed by atoms with Gasteiger partial charge in [0, 0.05) is 5.56 Å². The Kier molecular flexibility index (Phi) is 7.29. The van der Waals surface area contributed by atoms with E-state index in [1.165, 1.54) is 41.5 Å². The molecule has 0 atom stereocenters. The van der Waals surface area contributed by atoms with Crippen LogP contribution in [0.15, 0.2) is 85.5 Å². The van der Waals surface area contributed by atoms with Gasteiger partial charge in [-0.3, -0.25) is 4.79 Å². The Labute approximate surface area is 172 Å². The standard InChI is InChI=1S/C27H25FO/c1-2-21-7-9-22(10-8-21)5-3-4-6-23-11-13-24(14-12-23)15-20-27(29)25-16-18-26(28)19-17-25/h2,7-20H,1,3-6H2. The molecule has 0 fully saturated rings. The van der Waals surface area contributed by atoms with E-state index in [0.29, 0.717) is 5.56 Å². The first-order valence-corrected chi connectivity index (χ1v) is 9.92. The zero-order valence-corrected chi connectivity index (χ0v) is 16.5. The van der Waals surface area contributed by atoms with Gasteiger partial charge in [-0.25, -0.2) is 4.39 Å². The van der Waals surface area contributed by atoms with E-state index in [2.05, 4.69) is 43.0 Å². The van der Waals surface area contributed by atoms with Crippen molar-refractivity contribution in [1.29, 1.82) is 0 Å². The van der Waals surface area contributed by atoms with Gasteiger partial charge in [-0.15, -0.1) is 0 Å². The van der Waals surface area contributed by atoms with Crippen LogP contribution >= 0.6 is 0 Å². The predicted octanol–water partition coefficient (Wildman–Crippen LogP) is 6.93. The van der Waals surface area contributed by atoms with E-state index in [1.807, 2.05) is 18.2 Å². The normalized spacial score (nSPS) is 10.9. The molecule has 0 amide bonds. The van der Waals surface area contributed by atoms with Gasteiger partial charge in [-0.2, -0.15) is 0 Å². The van der Waals surface area contributed by atoms with E-state index in [0.717, 1.165) is 36.8 Å². The summed E-state index contributed by atoms with van der Waals surface area (Å²) in [6.45, 7) is 3.78.